The summed E-state index contributed by atoms with van der Waals surface area (Å²) in [5.41, 5.74) is 6.00. The summed E-state index contributed by atoms with van der Waals surface area (Å²) in [4.78, 5) is 22.5. The third kappa shape index (κ3) is 1.56. The highest BCUT2D eigenvalue weighted by Crippen LogP contribution is 2.49. The Morgan fingerprint density at radius 3 is 2.19 bits per heavy atom. The van der Waals surface area contributed by atoms with Crippen molar-refractivity contribution in [3.8, 4) is 0 Å². The monoisotopic (exact) mass is 219 g/mol. The number of benzene rings is 1. The molecule has 1 aliphatic carbocycles. The fraction of sp³-hybridized carbons (Fsp3) is 0.333. The number of hydrogen-bond acceptors (Lipinski definition) is 3. The van der Waals surface area contributed by atoms with Crippen molar-refractivity contribution in [3.63, 3.8) is 0 Å². The summed E-state index contributed by atoms with van der Waals surface area (Å²) in [5.74, 6) is -0.672. The Balaban J connectivity index is 2.29. The van der Waals surface area contributed by atoms with Crippen LogP contribution in [0.1, 0.15) is 28.8 Å². The molecule has 1 amide bonds. The van der Waals surface area contributed by atoms with Crippen LogP contribution in [0.5, 0.6) is 0 Å². The van der Waals surface area contributed by atoms with Gasteiger partial charge in [-0.15, -0.1) is 0 Å². The molecular weight excluding hydrogens is 206 g/mol. The van der Waals surface area contributed by atoms with E-state index in [0.717, 1.165) is 18.4 Å². The topological polar surface area (TPSA) is 69.4 Å². The van der Waals surface area contributed by atoms with Crippen LogP contribution in [-0.4, -0.2) is 19.0 Å². The molecule has 4 heteroatoms. The number of esters is 1. The number of rotatable bonds is 3. The fourth-order valence-electron chi connectivity index (χ4n) is 1.88. The lowest BCUT2D eigenvalue weighted by Gasteiger charge is -2.12. The van der Waals surface area contributed by atoms with Crippen molar-refractivity contribution in [2.75, 3.05) is 7.11 Å². The van der Waals surface area contributed by atoms with Crippen molar-refractivity contribution in [2.45, 2.75) is 18.3 Å². The number of primary amides is 1. The van der Waals surface area contributed by atoms with Gasteiger partial charge in [0.25, 0.3) is 0 Å². The maximum absolute atomic E-state index is 11.6. The first-order valence-electron chi connectivity index (χ1n) is 5.09. The quantitative estimate of drug-likeness (QED) is 0.771. The molecule has 1 aliphatic rings. The summed E-state index contributed by atoms with van der Waals surface area (Å²) in [6, 6.07) is 6.81. The van der Waals surface area contributed by atoms with Crippen molar-refractivity contribution >= 4 is 11.9 Å². The normalized spacial score (nSPS) is 16.6. The first kappa shape index (κ1) is 10.7. The molecule has 1 aromatic carbocycles. The lowest BCUT2D eigenvalue weighted by atomic mass is 9.95. The summed E-state index contributed by atoms with van der Waals surface area (Å²) in [6.45, 7) is 0. The molecule has 1 fully saturated rings. The molecule has 0 radical (unpaired) electrons. The Bertz CT molecular complexity index is 432. The summed E-state index contributed by atoms with van der Waals surface area (Å²) in [6.07, 6.45) is 1.60. The van der Waals surface area contributed by atoms with E-state index in [1.807, 2.05) is 0 Å². The lowest BCUT2D eigenvalue weighted by molar-refractivity contribution is -0.143. The van der Waals surface area contributed by atoms with Gasteiger partial charge in [0.1, 0.15) is 0 Å². The molecule has 0 aromatic heterocycles. The van der Waals surface area contributed by atoms with Crippen LogP contribution in [0, 0.1) is 0 Å². The van der Waals surface area contributed by atoms with E-state index >= 15 is 0 Å². The van der Waals surface area contributed by atoms with E-state index in [2.05, 4.69) is 0 Å². The standard InChI is InChI=1S/C12H13NO3/c1-16-11(15)12(6-7-12)9-4-2-8(3-5-9)10(13)14/h2-5H,6-7H2,1H3,(H2,13,14). The Hall–Kier alpha value is -1.84. The first-order chi connectivity index (χ1) is 7.60. The number of methoxy groups -OCH3 is 1. The molecule has 4 nitrogen and oxygen atoms in total. The summed E-state index contributed by atoms with van der Waals surface area (Å²) < 4.78 is 4.78. The van der Waals surface area contributed by atoms with E-state index < -0.39 is 11.3 Å². The number of amides is 1. The molecule has 2 rings (SSSR count). The van der Waals surface area contributed by atoms with Crippen molar-refractivity contribution < 1.29 is 14.3 Å². The number of nitrogens with two attached hydrogens (primary N) is 1. The average molecular weight is 219 g/mol. The Morgan fingerprint density at radius 1 is 1.25 bits per heavy atom. The maximum Gasteiger partial charge on any atom is 0.316 e. The first-order valence-corrected chi connectivity index (χ1v) is 5.09. The second kappa shape index (κ2) is 3.63. The average Bonchev–Trinajstić information content (AvgIpc) is 3.09. The highest BCUT2D eigenvalue weighted by molar-refractivity contribution is 5.93. The van der Waals surface area contributed by atoms with Crippen LogP contribution in [0.4, 0.5) is 0 Å². The maximum atomic E-state index is 11.6. The predicted octanol–water partition coefficient (Wildman–Crippen LogP) is 0.990. The van der Waals surface area contributed by atoms with Gasteiger partial charge in [0, 0.05) is 5.56 Å². The second-order valence-corrected chi connectivity index (χ2v) is 4.02. The van der Waals surface area contributed by atoms with Gasteiger partial charge in [-0.2, -0.15) is 0 Å². The van der Waals surface area contributed by atoms with Crippen LogP contribution in [0.3, 0.4) is 0 Å². The van der Waals surface area contributed by atoms with Crippen molar-refractivity contribution in [1.82, 2.24) is 0 Å². The number of carbonyl (C=O) groups excluding carboxylic acids is 2. The van der Waals surface area contributed by atoms with Crippen LogP contribution < -0.4 is 5.73 Å². The second-order valence-electron chi connectivity index (χ2n) is 4.02. The van der Waals surface area contributed by atoms with Crippen molar-refractivity contribution in [1.29, 1.82) is 0 Å². The minimum absolute atomic E-state index is 0.209. The van der Waals surface area contributed by atoms with E-state index in [9.17, 15) is 9.59 Å². The summed E-state index contributed by atoms with van der Waals surface area (Å²) in [7, 11) is 1.39. The van der Waals surface area contributed by atoms with Crippen LogP contribution in [0.15, 0.2) is 24.3 Å². The Labute approximate surface area is 93.4 Å². The largest absolute Gasteiger partial charge is 0.468 e. The summed E-state index contributed by atoms with van der Waals surface area (Å²) in [5, 5.41) is 0. The van der Waals surface area contributed by atoms with Crippen LogP contribution >= 0.6 is 0 Å². The van der Waals surface area contributed by atoms with Gasteiger partial charge >= 0.3 is 5.97 Å². The molecule has 16 heavy (non-hydrogen) atoms. The predicted molar refractivity (Wildman–Crippen MR) is 57.9 cm³/mol. The van der Waals surface area contributed by atoms with Gasteiger partial charge in [-0.25, -0.2) is 0 Å². The van der Waals surface area contributed by atoms with Gasteiger partial charge in [0.15, 0.2) is 0 Å². The Morgan fingerprint density at radius 2 is 1.81 bits per heavy atom. The zero-order valence-corrected chi connectivity index (χ0v) is 9.03. The molecule has 1 aromatic rings. The fourth-order valence-corrected chi connectivity index (χ4v) is 1.88. The van der Waals surface area contributed by atoms with Gasteiger partial charge in [-0.1, -0.05) is 12.1 Å². The zero-order valence-electron chi connectivity index (χ0n) is 9.03. The highest BCUT2D eigenvalue weighted by Gasteiger charge is 2.52. The van der Waals surface area contributed by atoms with Gasteiger partial charge in [0.05, 0.1) is 12.5 Å². The summed E-state index contributed by atoms with van der Waals surface area (Å²) >= 11 is 0. The number of carbonyl (C=O) groups is 2. The zero-order chi connectivity index (χ0) is 11.8. The molecule has 0 bridgehead atoms. The third-order valence-electron chi connectivity index (χ3n) is 3.05. The van der Waals surface area contributed by atoms with Crippen LogP contribution in [-0.2, 0) is 14.9 Å². The third-order valence-corrected chi connectivity index (χ3v) is 3.05. The minimum Gasteiger partial charge on any atom is -0.468 e. The van der Waals surface area contributed by atoms with Crippen molar-refractivity contribution in [3.05, 3.63) is 35.4 Å². The van der Waals surface area contributed by atoms with Crippen LogP contribution in [0.25, 0.3) is 0 Å². The van der Waals surface area contributed by atoms with E-state index in [4.69, 9.17) is 10.5 Å². The molecule has 84 valence electrons. The SMILES string of the molecule is COC(=O)C1(c2ccc(C(N)=O)cc2)CC1. The molecule has 0 atom stereocenters. The molecule has 0 saturated heterocycles. The minimum atomic E-state index is -0.481. The number of ether oxygens (including phenoxy) is 1. The Kier molecular flexibility index (Phi) is 2.42. The smallest absolute Gasteiger partial charge is 0.316 e. The molecule has 1 saturated carbocycles. The molecule has 2 N–H and O–H groups in total. The lowest BCUT2D eigenvalue weighted by Crippen LogP contribution is -2.22. The number of hydrogen-bond donors (Lipinski definition) is 1. The van der Waals surface area contributed by atoms with E-state index in [1.54, 1.807) is 24.3 Å². The molecule has 0 aliphatic heterocycles. The van der Waals surface area contributed by atoms with Gasteiger partial charge in [0.2, 0.25) is 5.91 Å². The van der Waals surface area contributed by atoms with Crippen molar-refractivity contribution in [2.24, 2.45) is 5.73 Å². The molecular formula is C12H13NO3. The van der Waals surface area contributed by atoms with E-state index in [1.165, 1.54) is 7.11 Å². The molecule has 0 heterocycles. The van der Waals surface area contributed by atoms with Crippen LogP contribution in [0.2, 0.25) is 0 Å². The van der Waals surface area contributed by atoms with Gasteiger partial charge < -0.3 is 10.5 Å². The van der Waals surface area contributed by atoms with E-state index in [0.29, 0.717) is 5.56 Å². The van der Waals surface area contributed by atoms with Gasteiger partial charge in [-0.3, -0.25) is 9.59 Å². The molecule has 0 unspecified atom stereocenters. The van der Waals surface area contributed by atoms with Gasteiger partial charge in [-0.05, 0) is 30.5 Å². The van der Waals surface area contributed by atoms with E-state index in [-0.39, 0.29) is 5.97 Å². The highest BCUT2D eigenvalue weighted by atomic mass is 16.5. The molecule has 0 spiro atoms.